The van der Waals surface area contributed by atoms with Gasteiger partial charge in [-0.1, -0.05) is 0 Å². The minimum atomic E-state index is -0.224. The Morgan fingerprint density at radius 1 is 1.42 bits per heavy atom. The number of rotatable bonds is 4. The number of fused-ring (bicyclic) bond motifs is 1. The average molecular weight is 284 g/mol. The first-order valence-corrected chi connectivity index (χ1v) is 6.85. The van der Waals surface area contributed by atoms with E-state index in [2.05, 4.69) is 21.4 Å². The molecule has 0 aliphatic heterocycles. The van der Waals surface area contributed by atoms with Crippen molar-refractivity contribution in [2.45, 2.75) is 25.8 Å². The van der Waals surface area contributed by atoms with Crippen LogP contribution in [0.4, 0.5) is 4.39 Å². The number of hydrogen-bond donors (Lipinski definition) is 0. The molecule has 1 aromatic heterocycles. The van der Waals surface area contributed by atoms with E-state index < -0.39 is 0 Å². The summed E-state index contributed by atoms with van der Waals surface area (Å²) in [5.74, 6) is 0.891. The molecule has 0 saturated carbocycles. The van der Waals surface area contributed by atoms with E-state index in [1.165, 1.54) is 6.07 Å². The van der Waals surface area contributed by atoms with Crippen LogP contribution in [0.5, 0.6) is 0 Å². The third-order valence-corrected chi connectivity index (χ3v) is 3.47. The molecule has 0 spiro atoms. The van der Waals surface area contributed by atoms with Gasteiger partial charge < -0.3 is 9.47 Å². The van der Waals surface area contributed by atoms with Gasteiger partial charge in [-0.3, -0.25) is 0 Å². The van der Waals surface area contributed by atoms with E-state index in [4.69, 9.17) is 11.6 Å². The summed E-state index contributed by atoms with van der Waals surface area (Å²) in [6.45, 7) is 4.77. The molecule has 0 bridgehead atoms. The summed E-state index contributed by atoms with van der Waals surface area (Å²) in [4.78, 5) is 6.55. The second kappa shape index (κ2) is 5.47. The van der Waals surface area contributed by atoms with Gasteiger partial charge >= 0.3 is 0 Å². The van der Waals surface area contributed by atoms with Crippen LogP contribution in [0.1, 0.15) is 24.4 Å². The highest BCUT2D eigenvalue weighted by Gasteiger charge is 2.17. The molecule has 3 nitrogen and oxygen atoms in total. The molecule has 0 N–H and O–H groups in total. The molecular formula is C14H19ClFN3. The Balaban J connectivity index is 2.59. The fourth-order valence-electron chi connectivity index (χ4n) is 2.47. The third-order valence-electron chi connectivity index (χ3n) is 3.23. The highest BCUT2D eigenvalue weighted by atomic mass is 35.5. The lowest BCUT2D eigenvalue weighted by Gasteiger charge is -2.21. The molecule has 1 heterocycles. The fraction of sp³-hybridized carbons (Fsp3) is 0.500. The van der Waals surface area contributed by atoms with Crippen molar-refractivity contribution in [3.63, 3.8) is 0 Å². The van der Waals surface area contributed by atoms with Crippen molar-refractivity contribution in [2.24, 2.45) is 0 Å². The number of likely N-dealkylation sites (N-methyl/N-ethyl adjacent to an activating group) is 1. The van der Waals surface area contributed by atoms with Crippen LogP contribution in [0.15, 0.2) is 12.1 Å². The van der Waals surface area contributed by atoms with E-state index in [0.29, 0.717) is 17.0 Å². The Kier molecular flexibility index (Phi) is 4.11. The summed E-state index contributed by atoms with van der Waals surface area (Å²) in [6.07, 6.45) is 0. The monoisotopic (exact) mass is 283 g/mol. The Labute approximate surface area is 118 Å². The molecule has 0 aliphatic carbocycles. The predicted octanol–water partition coefficient (Wildman–Crippen LogP) is 3.35. The minimum absolute atomic E-state index is 0.224. The maximum absolute atomic E-state index is 13.6. The SMILES string of the molecule is Cc1cc2c(cc1F)nc(CCl)n2C(C)CN(C)C. The number of halogens is 2. The van der Waals surface area contributed by atoms with Gasteiger partial charge in [0.2, 0.25) is 0 Å². The number of hydrogen-bond acceptors (Lipinski definition) is 2. The molecule has 1 unspecified atom stereocenters. The highest BCUT2D eigenvalue weighted by Crippen LogP contribution is 2.25. The lowest BCUT2D eigenvalue weighted by atomic mass is 10.2. The number of aromatic nitrogens is 2. The van der Waals surface area contributed by atoms with Crippen molar-refractivity contribution in [1.82, 2.24) is 14.5 Å². The van der Waals surface area contributed by atoms with Gasteiger partial charge in [0.05, 0.1) is 16.9 Å². The molecule has 2 aromatic rings. The van der Waals surface area contributed by atoms with Crippen LogP contribution < -0.4 is 0 Å². The van der Waals surface area contributed by atoms with E-state index >= 15 is 0 Å². The number of aryl methyl sites for hydroxylation is 1. The van der Waals surface area contributed by atoms with Crippen LogP contribution in [0.2, 0.25) is 0 Å². The van der Waals surface area contributed by atoms with Crippen molar-refractivity contribution in [2.75, 3.05) is 20.6 Å². The maximum atomic E-state index is 13.6. The van der Waals surface area contributed by atoms with Crippen LogP contribution in [0, 0.1) is 12.7 Å². The Hall–Kier alpha value is -1.13. The molecule has 0 saturated heterocycles. The highest BCUT2D eigenvalue weighted by molar-refractivity contribution is 6.16. The summed E-state index contributed by atoms with van der Waals surface area (Å²) in [5.41, 5.74) is 2.25. The van der Waals surface area contributed by atoms with Gasteiger partial charge in [0.1, 0.15) is 11.6 Å². The molecule has 5 heteroatoms. The van der Waals surface area contributed by atoms with E-state index in [0.717, 1.165) is 17.9 Å². The van der Waals surface area contributed by atoms with Gasteiger partial charge in [0, 0.05) is 18.7 Å². The van der Waals surface area contributed by atoms with Crippen LogP contribution in [0.3, 0.4) is 0 Å². The summed E-state index contributed by atoms with van der Waals surface area (Å²) < 4.78 is 15.7. The van der Waals surface area contributed by atoms with Crippen molar-refractivity contribution < 1.29 is 4.39 Å². The lowest BCUT2D eigenvalue weighted by molar-refractivity contribution is 0.337. The maximum Gasteiger partial charge on any atom is 0.128 e. The molecule has 0 fully saturated rings. The third kappa shape index (κ3) is 2.74. The molecule has 2 rings (SSSR count). The second-order valence-electron chi connectivity index (χ2n) is 5.23. The Morgan fingerprint density at radius 2 is 2.11 bits per heavy atom. The largest absolute Gasteiger partial charge is 0.323 e. The van der Waals surface area contributed by atoms with E-state index in [9.17, 15) is 4.39 Å². The molecule has 0 amide bonds. The zero-order valence-corrected chi connectivity index (χ0v) is 12.5. The van der Waals surface area contributed by atoms with E-state index in [1.54, 1.807) is 6.92 Å². The number of benzene rings is 1. The number of nitrogens with zero attached hydrogens (tertiary/aromatic N) is 3. The molecule has 1 atom stereocenters. The predicted molar refractivity (Wildman–Crippen MR) is 77.3 cm³/mol. The summed E-state index contributed by atoms with van der Waals surface area (Å²) in [5, 5.41) is 0. The summed E-state index contributed by atoms with van der Waals surface area (Å²) in [7, 11) is 4.06. The molecule has 0 aliphatic rings. The second-order valence-corrected chi connectivity index (χ2v) is 5.50. The van der Waals surface area contributed by atoms with Crippen molar-refractivity contribution in [1.29, 1.82) is 0 Å². The molecular weight excluding hydrogens is 265 g/mol. The normalized spacial score (nSPS) is 13.4. The van der Waals surface area contributed by atoms with E-state index in [1.807, 2.05) is 20.2 Å². The topological polar surface area (TPSA) is 21.1 Å². The number of imidazole rings is 1. The molecule has 1 aromatic carbocycles. The van der Waals surface area contributed by atoms with Crippen molar-refractivity contribution in [3.05, 3.63) is 29.3 Å². The van der Waals surface area contributed by atoms with Crippen molar-refractivity contribution in [3.8, 4) is 0 Å². The van der Waals surface area contributed by atoms with Gasteiger partial charge in [-0.2, -0.15) is 0 Å². The molecule has 0 radical (unpaired) electrons. The minimum Gasteiger partial charge on any atom is -0.323 e. The van der Waals surface area contributed by atoms with Gasteiger partial charge in [-0.15, -0.1) is 11.6 Å². The fourth-order valence-corrected chi connectivity index (χ4v) is 2.65. The Morgan fingerprint density at radius 3 is 2.68 bits per heavy atom. The zero-order valence-electron chi connectivity index (χ0n) is 11.7. The number of alkyl halides is 1. The Bertz CT molecular complexity index is 592. The van der Waals surface area contributed by atoms with Gasteiger partial charge in [0.15, 0.2) is 0 Å². The lowest BCUT2D eigenvalue weighted by Crippen LogP contribution is -2.23. The van der Waals surface area contributed by atoms with Crippen LogP contribution in [0.25, 0.3) is 11.0 Å². The quantitative estimate of drug-likeness (QED) is 0.803. The summed E-state index contributed by atoms with van der Waals surface area (Å²) in [6, 6.07) is 3.57. The first-order valence-electron chi connectivity index (χ1n) is 6.31. The summed E-state index contributed by atoms with van der Waals surface area (Å²) >= 11 is 5.97. The smallest absolute Gasteiger partial charge is 0.128 e. The first kappa shape index (κ1) is 14.3. The standard InChI is InChI=1S/C14H19ClFN3/c1-9-5-13-12(6-11(9)16)17-14(7-15)19(13)10(2)8-18(3)4/h5-6,10H,7-8H2,1-4H3. The van der Waals surface area contributed by atoms with Crippen LogP contribution in [-0.4, -0.2) is 35.1 Å². The van der Waals surface area contributed by atoms with Crippen molar-refractivity contribution >= 4 is 22.6 Å². The average Bonchev–Trinajstić information content (AvgIpc) is 2.66. The van der Waals surface area contributed by atoms with Gasteiger partial charge in [-0.25, -0.2) is 9.37 Å². The van der Waals surface area contributed by atoms with Crippen LogP contribution in [-0.2, 0) is 5.88 Å². The van der Waals surface area contributed by atoms with Crippen LogP contribution >= 0.6 is 11.6 Å². The van der Waals surface area contributed by atoms with Gasteiger partial charge in [-0.05, 0) is 39.6 Å². The van der Waals surface area contributed by atoms with E-state index in [-0.39, 0.29) is 11.9 Å². The zero-order chi connectivity index (χ0) is 14.2. The van der Waals surface area contributed by atoms with Gasteiger partial charge in [0.25, 0.3) is 0 Å². The molecule has 19 heavy (non-hydrogen) atoms. The molecule has 104 valence electrons. The first-order chi connectivity index (χ1) is 8.93.